The maximum atomic E-state index is 12.0. The van der Waals surface area contributed by atoms with E-state index in [1.54, 1.807) is 0 Å². The Morgan fingerprint density at radius 2 is 1.25 bits per heavy atom. The van der Waals surface area contributed by atoms with Crippen molar-refractivity contribution in [3.8, 4) is 0 Å². The van der Waals surface area contributed by atoms with Crippen molar-refractivity contribution in [1.29, 1.82) is 0 Å². The number of nitrogens with zero attached hydrogens (tertiary/aromatic N) is 1. The first-order valence-corrected chi connectivity index (χ1v) is 12.5. The fourth-order valence-corrected chi connectivity index (χ4v) is 2.89. The van der Waals surface area contributed by atoms with Gasteiger partial charge in [0.15, 0.2) is 0 Å². The van der Waals surface area contributed by atoms with Crippen LogP contribution in [-0.4, -0.2) is 78.9 Å². The Bertz CT molecular complexity index is 755. The zero-order valence-corrected chi connectivity index (χ0v) is 22.5. The normalized spacial score (nSPS) is 13.9. The van der Waals surface area contributed by atoms with Crippen LogP contribution >= 0.6 is 0 Å². The molecule has 0 aromatic carbocycles. The van der Waals surface area contributed by atoms with Crippen LogP contribution in [0.15, 0.2) is 0 Å². The summed E-state index contributed by atoms with van der Waals surface area (Å²) in [6.45, 7) is 10.6. The molecule has 1 atom stereocenters. The van der Waals surface area contributed by atoms with Crippen molar-refractivity contribution in [3.63, 3.8) is 0 Å². The Morgan fingerprint density at radius 1 is 0.778 bits per heavy atom. The van der Waals surface area contributed by atoms with Gasteiger partial charge in [0.1, 0.15) is 5.78 Å². The molecule has 1 saturated heterocycles. The molecular formula is C24H43N5O7. The monoisotopic (exact) mass is 513 g/mol. The Morgan fingerprint density at radius 3 is 1.69 bits per heavy atom. The first-order valence-electron chi connectivity index (χ1n) is 12.5. The van der Waals surface area contributed by atoms with Crippen LogP contribution in [-0.2, 0) is 33.6 Å². The molecule has 1 fully saturated rings. The zero-order chi connectivity index (χ0) is 28.1. The highest BCUT2D eigenvalue weighted by Crippen LogP contribution is 2.22. The molecule has 0 spiro atoms. The number of hydrogen-bond acceptors (Lipinski definition) is 7. The van der Waals surface area contributed by atoms with Crippen LogP contribution in [0.4, 0.5) is 0 Å². The number of imide groups is 1. The Kier molecular flexibility index (Phi) is 20.3. The summed E-state index contributed by atoms with van der Waals surface area (Å²) < 4.78 is 0. The number of hydrogen-bond donors (Lipinski definition) is 4. The van der Waals surface area contributed by atoms with Crippen LogP contribution in [0.25, 0.3) is 0 Å². The van der Waals surface area contributed by atoms with Crippen LogP contribution in [0.2, 0.25) is 0 Å². The largest absolute Gasteiger partial charge is 0.354 e. The molecule has 0 aliphatic carbocycles. The minimum atomic E-state index is -0.588. The summed E-state index contributed by atoms with van der Waals surface area (Å²) >= 11 is 0. The average Bonchev–Trinajstić information content (AvgIpc) is 3.14. The third kappa shape index (κ3) is 15.6. The maximum Gasteiger partial charge on any atom is 0.239 e. The predicted molar refractivity (Wildman–Crippen MR) is 134 cm³/mol. The van der Waals surface area contributed by atoms with Gasteiger partial charge < -0.3 is 21.3 Å². The molecule has 0 bridgehead atoms. The van der Waals surface area contributed by atoms with Crippen molar-refractivity contribution in [2.75, 3.05) is 32.7 Å². The van der Waals surface area contributed by atoms with Crippen LogP contribution in [0, 0.1) is 5.92 Å². The van der Waals surface area contributed by atoms with Crippen LogP contribution in [0.3, 0.4) is 0 Å². The van der Waals surface area contributed by atoms with Crippen LogP contribution < -0.4 is 21.3 Å². The van der Waals surface area contributed by atoms with E-state index in [9.17, 15) is 33.6 Å². The summed E-state index contributed by atoms with van der Waals surface area (Å²) in [5.41, 5.74) is 0. The SMILES string of the molecule is CC.CC.CCC1CC(=O)N(CCCC(=O)NCC(=O)NCC(=O)NCC(=O)NCCC(C)=O)C1=O. The quantitative estimate of drug-likeness (QED) is 0.238. The molecule has 1 heterocycles. The fourth-order valence-electron chi connectivity index (χ4n) is 2.89. The van der Waals surface area contributed by atoms with Gasteiger partial charge in [0.05, 0.1) is 19.6 Å². The topological polar surface area (TPSA) is 171 Å². The molecule has 0 aromatic heterocycles. The van der Waals surface area contributed by atoms with E-state index in [0.29, 0.717) is 6.42 Å². The Labute approximate surface area is 213 Å². The molecule has 4 N–H and O–H groups in total. The van der Waals surface area contributed by atoms with Crippen molar-refractivity contribution < 1.29 is 33.6 Å². The molecule has 1 aliphatic rings. The first-order chi connectivity index (χ1) is 17.1. The number of likely N-dealkylation sites (tertiary alicyclic amines) is 1. The Balaban J connectivity index is 0. The molecule has 0 radical (unpaired) electrons. The smallest absolute Gasteiger partial charge is 0.239 e. The van der Waals surface area contributed by atoms with E-state index >= 15 is 0 Å². The molecule has 12 nitrogen and oxygen atoms in total. The van der Waals surface area contributed by atoms with E-state index in [2.05, 4.69) is 21.3 Å². The molecule has 36 heavy (non-hydrogen) atoms. The number of ketones is 1. The second-order valence-electron chi connectivity index (χ2n) is 7.43. The van der Waals surface area contributed by atoms with Gasteiger partial charge in [0.2, 0.25) is 35.4 Å². The third-order valence-corrected chi connectivity index (χ3v) is 4.75. The average molecular weight is 514 g/mol. The molecule has 1 rings (SSSR count). The van der Waals surface area contributed by atoms with Crippen LogP contribution in [0.1, 0.15) is 73.6 Å². The molecule has 1 unspecified atom stereocenters. The Hall–Kier alpha value is -3.31. The minimum Gasteiger partial charge on any atom is -0.354 e. The third-order valence-electron chi connectivity index (χ3n) is 4.75. The van der Waals surface area contributed by atoms with Crippen LogP contribution in [0.5, 0.6) is 0 Å². The minimum absolute atomic E-state index is 0.0420. The van der Waals surface area contributed by atoms with Gasteiger partial charge in [-0.15, -0.1) is 0 Å². The summed E-state index contributed by atoms with van der Waals surface area (Å²) in [4.78, 5) is 82.4. The molecule has 1 aliphatic heterocycles. The van der Waals surface area contributed by atoms with Gasteiger partial charge in [-0.05, 0) is 19.8 Å². The standard InChI is InChI=1S/C20H31N5O7.2C2H6/c1-3-14-9-19(31)25(20(14)32)8-4-5-15(27)22-11-17(29)24-12-18(30)23-10-16(28)21-7-6-13(2)26;2*1-2/h14H,3-12H2,1-2H3,(H,21,28)(H,22,27)(H,23,30)(H,24,29);2*1-2H3. The van der Waals surface area contributed by atoms with E-state index in [1.807, 2.05) is 34.6 Å². The molecule has 6 amide bonds. The van der Waals surface area contributed by atoms with E-state index in [1.165, 1.54) is 11.8 Å². The van der Waals surface area contributed by atoms with Crippen molar-refractivity contribution in [2.45, 2.75) is 73.6 Å². The predicted octanol–water partition coefficient (Wildman–Crippen LogP) is 0.0480. The molecule has 0 aromatic rings. The van der Waals surface area contributed by atoms with Gasteiger partial charge in [-0.1, -0.05) is 34.6 Å². The number of amides is 6. The van der Waals surface area contributed by atoms with Gasteiger partial charge >= 0.3 is 0 Å². The van der Waals surface area contributed by atoms with E-state index in [-0.39, 0.29) is 81.9 Å². The molecule has 206 valence electrons. The van der Waals surface area contributed by atoms with Crippen molar-refractivity contribution in [3.05, 3.63) is 0 Å². The van der Waals surface area contributed by atoms with E-state index < -0.39 is 23.6 Å². The summed E-state index contributed by atoms with van der Waals surface area (Å²) in [6, 6.07) is 0. The highest BCUT2D eigenvalue weighted by atomic mass is 16.2. The molecule has 0 saturated carbocycles. The molecule has 12 heteroatoms. The van der Waals surface area contributed by atoms with Gasteiger partial charge in [-0.2, -0.15) is 0 Å². The second kappa shape index (κ2) is 21.0. The van der Waals surface area contributed by atoms with Crippen molar-refractivity contribution in [1.82, 2.24) is 26.2 Å². The lowest BCUT2D eigenvalue weighted by Crippen LogP contribution is -2.44. The second-order valence-corrected chi connectivity index (χ2v) is 7.43. The highest BCUT2D eigenvalue weighted by molar-refractivity contribution is 6.03. The fraction of sp³-hybridized carbons (Fsp3) is 0.708. The summed E-state index contributed by atoms with van der Waals surface area (Å²) in [7, 11) is 0. The van der Waals surface area contributed by atoms with Gasteiger partial charge in [-0.3, -0.25) is 38.5 Å². The number of Topliss-reactive ketones (excluding diaryl/α,β-unsaturated/α-hetero) is 1. The van der Waals surface area contributed by atoms with E-state index in [4.69, 9.17) is 0 Å². The van der Waals surface area contributed by atoms with Gasteiger partial charge in [0.25, 0.3) is 0 Å². The number of carbonyl (C=O) groups excluding carboxylic acids is 7. The lowest BCUT2D eigenvalue weighted by molar-refractivity contribution is -0.140. The molecular weight excluding hydrogens is 470 g/mol. The number of carbonyl (C=O) groups is 7. The van der Waals surface area contributed by atoms with Gasteiger partial charge in [-0.25, -0.2) is 0 Å². The van der Waals surface area contributed by atoms with Crippen molar-refractivity contribution in [2.24, 2.45) is 5.92 Å². The highest BCUT2D eigenvalue weighted by Gasteiger charge is 2.36. The lowest BCUT2D eigenvalue weighted by Gasteiger charge is -2.14. The lowest BCUT2D eigenvalue weighted by atomic mass is 10.1. The summed E-state index contributed by atoms with van der Waals surface area (Å²) in [5.74, 6) is -2.83. The summed E-state index contributed by atoms with van der Waals surface area (Å²) in [6.07, 6.45) is 1.34. The number of rotatable bonds is 14. The first kappa shape index (κ1) is 34.9. The summed E-state index contributed by atoms with van der Waals surface area (Å²) in [5, 5.41) is 9.47. The maximum absolute atomic E-state index is 12.0. The van der Waals surface area contributed by atoms with Crippen molar-refractivity contribution >= 4 is 41.2 Å². The van der Waals surface area contributed by atoms with Gasteiger partial charge in [0, 0.05) is 38.3 Å². The number of nitrogens with one attached hydrogen (secondary N) is 4. The van der Waals surface area contributed by atoms with E-state index in [0.717, 1.165) is 0 Å². The zero-order valence-electron chi connectivity index (χ0n) is 22.5.